The lowest BCUT2D eigenvalue weighted by Crippen LogP contribution is -2.36. The lowest BCUT2D eigenvalue weighted by molar-refractivity contribution is 0.269. The standard InChI is InChI=1S/C18H25N5S/c1-4-22-11-7-9-15(22)17-16(14-8-5-6-10-19-14)20-18(24)23(17)13-12-21(2)3/h5-11,16-17H,4,12-13H2,1-3H3,(H,20,24)/t16-,17-/m1/s1. The summed E-state index contributed by atoms with van der Waals surface area (Å²) in [5.74, 6) is 0. The van der Waals surface area contributed by atoms with E-state index < -0.39 is 0 Å². The van der Waals surface area contributed by atoms with E-state index in [1.165, 1.54) is 5.69 Å². The molecule has 1 aliphatic rings. The number of hydrogen-bond donors (Lipinski definition) is 1. The van der Waals surface area contributed by atoms with Gasteiger partial charge in [-0.3, -0.25) is 4.98 Å². The minimum atomic E-state index is 0.0704. The summed E-state index contributed by atoms with van der Waals surface area (Å²) in [4.78, 5) is 9.06. The average Bonchev–Trinajstić information content (AvgIpc) is 3.17. The van der Waals surface area contributed by atoms with Gasteiger partial charge in [0.2, 0.25) is 0 Å². The molecule has 1 fully saturated rings. The Morgan fingerprint density at radius 1 is 1.25 bits per heavy atom. The predicted molar refractivity (Wildman–Crippen MR) is 101 cm³/mol. The van der Waals surface area contributed by atoms with E-state index in [0.29, 0.717) is 0 Å². The van der Waals surface area contributed by atoms with Crippen molar-refractivity contribution < 1.29 is 0 Å². The van der Waals surface area contributed by atoms with Crippen molar-refractivity contribution in [1.29, 1.82) is 0 Å². The number of aryl methyl sites for hydroxylation is 1. The fourth-order valence-corrected chi connectivity index (χ4v) is 3.59. The molecule has 3 rings (SSSR count). The quantitative estimate of drug-likeness (QED) is 0.815. The highest BCUT2D eigenvalue weighted by Gasteiger charge is 2.40. The van der Waals surface area contributed by atoms with Gasteiger partial charge in [-0.2, -0.15) is 0 Å². The first kappa shape index (κ1) is 16.9. The van der Waals surface area contributed by atoms with Crippen molar-refractivity contribution in [2.45, 2.75) is 25.6 Å². The number of nitrogens with one attached hydrogen (secondary N) is 1. The minimum Gasteiger partial charge on any atom is -0.352 e. The SMILES string of the molecule is CCn1cccc1[C@@H]1[C@@H](c2ccccn2)NC(=S)N1CCN(C)C. The second-order valence-corrected chi connectivity index (χ2v) is 6.73. The first-order chi connectivity index (χ1) is 11.6. The van der Waals surface area contributed by atoms with Gasteiger partial charge in [0, 0.05) is 37.7 Å². The Bertz CT molecular complexity index is 682. The highest BCUT2D eigenvalue weighted by atomic mass is 32.1. The normalized spacial score (nSPS) is 20.7. The van der Waals surface area contributed by atoms with E-state index in [1.54, 1.807) is 0 Å². The molecule has 6 heteroatoms. The summed E-state index contributed by atoms with van der Waals surface area (Å²) in [5, 5.41) is 4.30. The zero-order valence-electron chi connectivity index (χ0n) is 14.5. The van der Waals surface area contributed by atoms with Crippen LogP contribution in [0.25, 0.3) is 0 Å². The molecule has 0 aromatic carbocycles. The number of pyridine rings is 1. The second kappa shape index (κ2) is 7.32. The molecule has 128 valence electrons. The maximum absolute atomic E-state index is 5.66. The van der Waals surface area contributed by atoms with Gasteiger partial charge < -0.3 is 19.7 Å². The van der Waals surface area contributed by atoms with Gasteiger partial charge in [-0.1, -0.05) is 6.07 Å². The van der Waals surface area contributed by atoms with Gasteiger partial charge >= 0.3 is 0 Å². The van der Waals surface area contributed by atoms with Gasteiger partial charge in [-0.15, -0.1) is 0 Å². The Morgan fingerprint density at radius 3 is 2.75 bits per heavy atom. The lowest BCUT2D eigenvalue weighted by atomic mass is 10.0. The minimum absolute atomic E-state index is 0.0704. The predicted octanol–water partition coefficient (Wildman–Crippen LogP) is 2.44. The molecule has 2 atom stereocenters. The van der Waals surface area contributed by atoms with E-state index in [0.717, 1.165) is 30.4 Å². The summed E-state index contributed by atoms with van der Waals surface area (Å²) in [6.45, 7) is 4.97. The highest BCUT2D eigenvalue weighted by molar-refractivity contribution is 7.80. The number of likely N-dealkylation sites (N-methyl/N-ethyl adjacent to an activating group) is 1. The van der Waals surface area contributed by atoms with Gasteiger partial charge in [-0.05, 0) is 57.5 Å². The molecule has 1 aliphatic heterocycles. The molecule has 0 aliphatic carbocycles. The van der Waals surface area contributed by atoms with Crippen molar-refractivity contribution in [2.75, 3.05) is 27.2 Å². The van der Waals surface area contributed by atoms with E-state index in [4.69, 9.17) is 12.2 Å². The van der Waals surface area contributed by atoms with Gasteiger partial charge in [0.05, 0.1) is 17.8 Å². The molecule has 5 nitrogen and oxygen atoms in total. The molecule has 0 bridgehead atoms. The van der Waals surface area contributed by atoms with Crippen molar-refractivity contribution in [2.24, 2.45) is 0 Å². The molecular formula is C18H25N5S. The molecule has 1 N–H and O–H groups in total. The van der Waals surface area contributed by atoms with E-state index in [1.807, 2.05) is 18.3 Å². The number of aromatic nitrogens is 2. The monoisotopic (exact) mass is 343 g/mol. The molecule has 2 aromatic heterocycles. The van der Waals surface area contributed by atoms with Crippen LogP contribution in [0.3, 0.4) is 0 Å². The van der Waals surface area contributed by atoms with E-state index >= 15 is 0 Å². The summed E-state index contributed by atoms with van der Waals surface area (Å²) in [6, 6.07) is 10.6. The van der Waals surface area contributed by atoms with Gasteiger partial charge in [0.1, 0.15) is 0 Å². The molecule has 0 amide bonds. The Kier molecular flexibility index (Phi) is 5.16. The summed E-state index contributed by atoms with van der Waals surface area (Å²) in [5.41, 5.74) is 2.31. The average molecular weight is 344 g/mol. The van der Waals surface area contributed by atoms with Crippen LogP contribution in [0.15, 0.2) is 42.7 Å². The summed E-state index contributed by atoms with van der Waals surface area (Å²) in [6.07, 6.45) is 3.98. The molecular weight excluding hydrogens is 318 g/mol. The molecule has 0 spiro atoms. The van der Waals surface area contributed by atoms with E-state index in [2.05, 4.69) is 70.1 Å². The molecule has 0 radical (unpaired) electrons. The van der Waals surface area contributed by atoms with Crippen LogP contribution in [0.5, 0.6) is 0 Å². The van der Waals surface area contributed by atoms with E-state index in [-0.39, 0.29) is 12.1 Å². The molecule has 24 heavy (non-hydrogen) atoms. The van der Waals surface area contributed by atoms with Crippen LogP contribution in [0.4, 0.5) is 0 Å². The molecule has 3 heterocycles. The molecule has 2 aromatic rings. The highest BCUT2D eigenvalue weighted by Crippen LogP contribution is 2.38. The largest absolute Gasteiger partial charge is 0.352 e. The fraction of sp³-hybridized carbons (Fsp3) is 0.444. The van der Waals surface area contributed by atoms with Crippen molar-refractivity contribution >= 4 is 17.3 Å². The first-order valence-electron chi connectivity index (χ1n) is 8.39. The van der Waals surface area contributed by atoms with Crippen molar-refractivity contribution in [3.05, 3.63) is 54.1 Å². The fourth-order valence-electron chi connectivity index (χ4n) is 3.26. The van der Waals surface area contributed by atoms with Gasteiger partial charge in [0.15, 0.2) is 5.11 Å². The third kappa shape index (κ3) is 3.30. The van der Waals surface area contributed by atoms with Crippen LogP contribution >= 0.6 is 12.2 Å². The topological polar surface area (TPSA) is 36.3 Å². The summed E-state index contributed by atoms with van der Waals surface area (Å²) >= 11 is 5.66. The Labute approximate surface area is 149 Å². The molecule has 0 saturated carbocycles. The molecule has 0 unspecified atom stereocenters. The zero-order chi connectivity index (χ0) is 17.1. The third-order valence-corrected chi connectivity index (χ3v) is 4.85. The van der Waals surface area contributed by atoms with Gasteiger partial charge in [-0.25, -0.2) is 0 Å². The van der Waals surface area contributed by atoms with Crippen LogP contribution in [0.1, 0.15) is 30.4 Å². The third-order valence-electron chi connectivity index (χ3n) is 4.49. The van der Waals surface area contributed by atoms with Crippen molar-refractivity contribution in [1.82, 2.24) is 24.7 Å². The number of nitrogens with zero attached hydrogens (tertiary/aromatic N) is 4. The lowest BCUT2D eigenvalue weighted by Gasteiger charge is -2.29. The summed E-state index contributed by atoms with van der Waals surface area (Å²) in [7, 11) is 4.18. The van der Waals surface area contributed by atoms with Crippen LogP contribution in [-0.4, -0.2) is 51.6 Å². The number of rotatable bonds is 6. The second-order valence-electron chi connectivity index (χ2n) is 6.34. The molecule has 1 saturated heterocycles. The van der Waals surface area contributed by atoms with Crippen LogP contribution in [0.2, 0.25) is 0 Å². The van der Waals surface area contributed by atoms with Crippen LogP contribution < -0.4 is 5.32 Å². The van der Waals surface area contributed by atoms with Gasteiger partial charge in [0.25, 0.3) is 0 Å². The summed E-state index contributed by atoms with van der Waals surface area (Å²) < 4.78 is 2.29. The van der Waals surface area contributed by atoms with Crippen molar-refractivity contribution in [3.63, 3.8) is 0 Å². The Morgan fingerprint density at radius 2 is 2.08 bits per heavy atom. The van der Waals surface area contributed by atoms with E-state index in [9.17, 15) is 0 Å². The Balaban J connectivity index is 1.98. The zero-order valence-corrected chi connectivity index (χ0v) is 15.3. The first-order valence-corrected chi connectivity index (χ1v) is 8.80. The maximum atomic E-state index is 5.66. The maximum Gasteiger partial charge on any atom is 0.170 e. The number of hydrogen-bond acceptors (Lipinski definition) is 3. The van der Waals surface area contributed by atoms with Crippen molar-refractivity contribution in [3.8, 4) is 0 Å². The number of thiocarbonyl (C=S) groups is 1. The van der Waals surface area contributed by atoms with Crippen LogP contribution in [-0.2, 0) is 6.54 Å². The Hall–Kier alpha value is -1.92. The smallest absolute Gasteiger partial charge is 0.170 e. The van der Waals surface area contributed by atoms with Crippen LogP contribution in [0, 0.1) is 0 Å².